The number of nitrogens with zero attached hydrogens (tertiary/aromatic N) is 5. The van der Waals surface area contributed by atoms with E-state index in [1.165, 1.54) is 6.33 Å². The summed E-state index contributed by atoms with van der Waals surface area (Å²) in [5.74, 6) is 0.662. The van der Waals surface area contributed by atoms with E-state index in [0.29, 0.717) is 18.7 Å². The average molecular weight is 486 g/mol. The molecule has 4 rings (SSSR count). The van der Waals surface area contributed by atoms with Crippen LogP contribution in [0.25, 0.3) is 0 Å². The maximum Gasteiger partial charge on any atom is 0.251 e. The Balaban J connectivity index is 0.00000206. The van der Waals surface area contributed by atoms with Gasteiger partial charge >= 0.3 is 0 Å². The lowest BCUT2D eigenvalue weighted by atomic mass is 10.1. The monoisotopic (exact) mass is 485 g/mol. The molecule has 35 heavy (non-hydrogen) atoms. The van der Waals surface area contributed by atoms with Crippen molar-refractivity contribution in [2.75, 3.05) is 32.5 Å². The number of hydrazone groups is 1. The molecule has 0 radical (unpaired) electrons. The number of nitrogens with one attached hydrogen (secondary N) is 4. The van der Waals surface area contributed by atoms with Crippen LogP contribution in [0.2, 0.25) is 0 Å². The smallest absolute Gasteiger partial charge is 0.251 e. The lowest BCUT2D eigenvalue weighted by molar-refractivity contribution is 0.0956. The molecule has 1 aromatic heterocycles. The molecule has 10 nitrogen and oxygen atoms in total. The maximum absolute atomic E-state index is 12.6. The zero-order chi connectivity index (χ0) is 25.8. The molecule has 2 aromatic rings. The number of benzene rings is 1. The molecule has 1 amide bonds. The molecule has 0 saturated heterocycles. The van der Waals surface area contributed by atoms with Gasteiger partial charge in [-0.25, -0.2) is 15.4 Å². The SMILES string of the molecule is CC.CC.CC1NN(C)C=C1CNC(=O)c1cccc(NCC2NN=C(c3ccncn3)N2C)c1.[HH].[HH]. The van der Waals surface area contributed by atoms with E-state index in [-0.39, 0.29) is 21.0 Å². The third-order valence-corrected chi connectivity index (χ3v) is 5.32. The van der Waals surface area contributed by atoms with E-state index in [2.05, 4.69) is 43.5 Å². The zero-order valence-corrected chi connectivity index (χ0v) is 21.8. The summed E-state index contributed by atoms with van der Waals surface area (Å²) in [5.41, 5.74) is 9.76. The highest BCUT2D eigenvalue weighted by Gasteiger charge is 2.25. The van der Waals surface area contributed by atoms with E-state index in [4.69, 9.17) is 0 Å². The summed E-state index contributed by atoms with van der Waals surface area (Å²) in [7, 11) is 3.90. The molecule has 2 unspecified atom stereocenters. The summed E-state index contributed by atoms with van der Waals surface area (Å²) in [5, 5.41) is 12.7. The van der Waals surface area contributed by atoms with Crippen molar-refractivity contribution in [2.45, 2.75) is 46.8 Å². The number of hydrazine groups is 1. The van der Waals surface area contributed by atoms with Crippen LogP contribution >= 0.6 is 0 Å². The van der Waals surface area contributed by atoms with Crippen molar-refractivity contribution in [3.8, 4) is 0 Å². The van der Waals surface area contributed by atoms with Gasteiger partial charge in [0.2, 0.25) is 0 Å². The van der Waals surface area contributed by atoms with E-state index in [1.54, 1.807) is 6.20 Å². The second-order valence-electron chi connectivity index (χ2n) is 7.60. The molecule has 0 spiro atoms. The molecular formula is C25H43N9O. The fourth-order valence-electron chi connectivity index (χ4n) is 3.55. The van der Waals surface area contributed by atoms with Crippen molar-refractivity contribution in [2.24, 2.45) is 5.10 Å². The number of carbonyl (C=O) groups is 1. The Kier molecular flexibility index (Phi) is 11.0. The Labute approximate surface area is 211 Å². The number of likely N-dealkylation sites (N-methyl/N-ethyl adjacent to an activating group) is 1. The van der Waals surface area contributed by atoms with Crippen LogP contribution in [-0.4, -0.2) is 71.0 Å². The van der Waals surface area contributed by atoms with Crippen LogP contribution in [-0.2, 0) is 0 Å². The van der Waals surface area contributed by atoms with Crippen molar-refractivity contribution in [3.05, 3.63) is 65.9 Å². The Morgan fingerprint density at radius 1 is 1.17 bits per heavy atom. The molecule has 2 aliphatic heterocycles. The number of carbonyl (C=O) groups excluding carboxylic acids is 1. The van der Waals surface area contributed by atoms with Gasteiger partial charge in [0, 0.05) is 53.2 Å². The standard InChI is InChI=1S/C21H27N9O.2C2H6.2H2/c1-14-16(12-29(2)28-14)10-24-21(31)15-5-4-6-17(9-15)23-11-19-26-27-20(30(19)3)18-7-8-22-13-25-18;2*1-2;;/h4-9,12-14,19,23,26,28H,10-11H2,1-3H3,(H,24,31);2*1-2H3;2*1H. The van der Waals surface area contributed by atoms with Crippen molar-refractivity contribution < 1.29 is 7.65 Å². The maximum atomic E-state index is 12.6. The lowest BCUT2D eigenvalue weighted by Crippen LogP contribution is -2.42. The van der Waals surface area contributed by atoms with Crippen molar-refractivity contribution in [1.82, 2.24) is 36.0 Å². The van der Waals surface area contributed by atoms with E-state index < -0.39 is 0 Å². The number of amidine groups is 1. The molecule has 4 N–H and O–H groups in total. The number of rotatable bonds is 7. The van der Waals surface area contributed by atoms with Gasteiger partial charge in [0.05, 0.1) is 6.54 Å². The fraction of sp³-hybridized carbons (Fsp3) is 0.440. The number of amides is 1. The van der Waals surface area contributed by atoms with Crippen LogP contribution in [0.3, 0.4) is 0 Å². The van der Waals surface area contributed by atoms with Crippen LogP contribution in [0.4, 0.5) is 5.69 Å². The van der Waals surface area contributed by atoms with Crippen LogP contribution in [0.15, 0.2) is 59.7 Å². The predicted molar refractivity (Wildman–Crippen MR) is 146 cm³/mol. The second kappa shape index (κ2) is 13.9. The summed E-state index contributed by atoms with van der Waals surface area (Å²) in [6.07, 6.45) is 5.17. The van der Waals surface area contributed by atoms with Gasteiger partial charge in [0.15, 0.2) is 5.84 Å². The lowest BCUT2D eigenvalue weighted by Gasteiger charge is -2.23. The molecule has 194 valence electrons. The highest BCUT2D eigenvalue weighted by atomic mass is 16.1. The first-order valence-corrected chi connectivity index (χ1v) is 12.2. The summed E-state index contributed by atoms with van der Waals surface area (Å²) >= 11 is 0. The fourth-order valence-corrected chi connectivity index (χ4v) is 3.55. The zero-order valence-electron chi connectivity index (χ0n) is 21.8. The van der Waals surface area contributed by atoms with Gasteiger partial charge in [-0.05, 0) is 36.8 Å². The number of hydrogen-bond donors (Lipinski definition) is 4. The molecule has 2 atom stereocenters. The molecule has 0 fully saturated rings. The van der Waals surface area contributed by atoms with Crippen LogP contribution in [0, 0.1) is 0 Å². The van der Waals surface area contributed by atoms with Gasteiger partial charge in [0.1, 0.15) is 18.2 Å². The van der Waals surface area contributed by atoms with Crippen LogP contribution in [0.5, 0.6) is 0 Å². The van der Waals surface area contributed by atoms with Gasteiger partial charge in [0.25, 0.3) is 5.91 Å². The van der Waals surface area contributed by atoms with E-state index >= 15 is 0 Å². The number of anilines is 1. The Morgan fingerprint density at radius 3 is 2.60 bits per heavy atom. The first-order chi connectivity index (χ1) is 17.0. The minimum atomic E-state index is -0.100. The highest BCUT2D eigenvalue weighted by molar-refractivity contribution is 5.97. The quantitative estimate of drug-likeness (QED) is 0.474. The van der Waals surface area contributed by atoms with Crippen molar-refractivity contribution in [1.29, 1.82) is 0 Å². The minimum absolute atomic E-state index is 0. The van der Waals surface area contributed by atoms with E-state index in [1.807, 2.05) is 88.2 Å². The Bertz CT molecular complexity index is 1000. The van der Waals surface area contributed by atoms with Gasteiger partial charge in [-0.2, -0.15) is 5.10 Å². The average Bonchev–Trinajstić information content (AvgIpc) is 3.44. The number of hydrogen-bond acceptors (Lipinski definition) is 9. The summed E-state index contributed by atoms with van der Waals surface area (Å²) < 4.78 is 0. The molecule has 3 heterocycles. The van der Waals surface area contributed by atoms with Crippen LogP contribution < -0.4 is 21.5 Å². The first kappa shape index (κ1) is 27.6. The molecule has 0 saturated carbocycles. The Morgan fingerprint density at radius 2 is 1.94 bits per heavy atom. The second-order valence-corrected chi connectivity index (χ2v) is 7.60. The minimum Gasteiger partial charge on any atom is -0.381 e. The summed E-state index contributed by atoms with van der Waals surface area (Å²) in [6.45, 7) is 11.2. The molecule has 2 aliphatic rings. The number of aromatic nitrogens is 2. The Hall–Kier alpha value is -3.66. The van der Waals surface area contributed by atoms with Crippen molar-refractivity contribution in [3.63, 3.8) is 0 Å². The normalized spacial score (nSPS) is 18.3. The first-order valence-electron chi connectivity index (χ1n) is 12.2. The van der Waals surface area contributed by atoms with Gasteiger partial charge < -0.3 is 20.5 Å². The van der Waals surface area contributed by atoms with Crippen molar-refractivity contribution >= 4 is 17.4 Å². The third-order valence-electron chi connectivity index (χ3n) is 5.32. The third kappa shape index (κ3) is 7.41. The van der Waals surface area contributed by atoms with Gasteiger partial charge in [-0.1, -0.05) is 33.8 Å². The highest BCUT2D eigenvalue weighted by Crippen LogP contribution is 2.14. The van der Waals surface area contributed by atoms with Crippen LogP contribution in [0.1, 0.15) is 53.5 Å². The molecule has 0 bridgehead atoms. The summed E-state index contributed by atoms with van der Waals surface area (Å²) in [4.78, 5) is 22.8. The topological polar surface area (TPSA) is 110 Å². The molecule has 0 aliphatic carbocycles. The van der Waals surface area contributed by atoms with E-state index in [9.17, 15) is 4.79 Å². The summed E-state index contributed by atoms with van der Waals surface area (Å²) in [6, 6.07) is 9.52. The molecule has 1 aromatic carbocycles. The largest absolute Gasteiger partial charge is 0.381 e. The van der Waals surface area contributed by atoms with Gasteiger partial charge in [-0.15, -0.1) is 0 Å². The molecule has 10 heteroatoms. The van der Waals surface area contributed by atoms with Gasteiger partial charge in [-0.3, -0.25) is 10.2 Å². The molecular weight excluding hydrogens is 442 g/mol. The predicted octanol–water partition coefficient (Wildman–Crippen LogP) is 3.11. The van der Waals surface area contributed by atoms with E-state index in [0.717, 1.165) is 22.8 Å².